The van der Waals surface area contributed by atoms with Gasteiger partial charge in [-0.2, -0.15) is 5.10 Å². The van der Waals surface area contributed by atoms with Gasteiger partial charge in [-0.05, 0) is 5.56 Å². The molecule has 3 rings (SSSR count). The lowest BCUT2D eigenvalue weighted by Crippen LogP contribution is -1.89. The van der Waals surface area contributed by atoms with E-state index < -0.39 is 0 Å². The van der Waals surface area contributed by atoms with Gasteiger partial charge in [0.1, 0.15) is 10.8 Å². The van der Waals surface area contributed by atoms with Gasteiger partial charge in [0, 0.05) is 11.8 Å². The lowest BCUT2D eigenvalue weighted by molar-refractivity contribution is 1.10. The molecule has 2 heterocycles. The number of rotatable bonds is 3. The SMILES string of the molecule is Nc1[nH]ncc1-c1nc(Cc2ccccc2)cs1. The molecule has 0 saturated carbocycles. The van der Waals surface area contributed by atoms with E-state index in [1.807, 2.05) is 18.2 Å². The first-order valence-electron chi connectivity index (χ1n) is 5.60. The van der Waals surface area contributed by atoms with Gasteiger partial charge < -0.3 is 5.73 Å². The maximum Gasteiger partial charge on any atom is 0.129 e. The molecule has 18 heavy (non-hydrogen) atoms. The smallest absolute Gasteiger partial charge is 0.129 e. The number of aromatic nitrogens is 3. The highest BCUT2D eigenvalue weighted by Gasteiger charge is 2.09. The number of nitrogen functional groups attached to an aromatic ring is 1. The van der Waals surface area contributed by atoms with E-state index in [4.69, 9.17) is 5.73 Å². The Kier molecular flexibility index (Phi) is 2.82. The van der Waals surface area contributed by atoms with Crippen molar-refractivity contribution in [1.29, 1.82) is 0 Å². The quantitative estimate of drug-likeness (QED) is 0.757. The summed E-state index contributed by atoms with van der Waals surface area (Å²) in [5, 5.41) is 9.60. The molecule has 0 saturated heterocycles. The van der Waals surface area contributed by atoms with E-state index in [2.05, 4.69) is 32.7 Å². The molecule has 2 aromatic heterocycles. The highest BCUT2D eigenvalue weighted by Crippen LogP contribution is 2.27. The second-order valence-corrected chi connectivity index (χ2v) is 4.86. The second kappa shape index (κ2) is 4.62. The van der Waals surface area contributed by atoms with E-state index in [-0.39, 0.29) is 0 Å². The molecule has 0 radical (unpaired) electrons. The van der Waals surface area contributed by atoms with E-state index >= 15 is 0 Å². The first-order valence-corrected chi connectivity index (χ1v) is 6.48. The van der Waals surface area contributed by atoms with Crippen LogP contribution in [0.25, 0.3) is 10.6 Å². The van der Waals surface area contributed by atoms with Crippen LogP contribution >= 0.6 is 11.3 Å². The molecule has 0 bridgehead atoms. The molecule has 0 aliphatic rings. The molecule has 3 aromatic rings. The molecular formula is C13H12N4S. The molecule has 4 nitrogen and oxygen atoms in total. The van der Waals surface area contributed by atoms with Crippen molar-refractivity contribution in [2.45, 2.75) is 6.42 Å². The van der Waals surface area contributed by atoms with Crippen molar-refractivity contribution in [2.75, 3.05) is 5.73 Å². The van der Waals surface area contributed by atoms with Crippen LogP contribution in [0, 0.1) is 0 Å². The van der Waals surface area contributed by atoms with Crippen molar-refractivity contribution in [3.8, 4) is 10.6 Å². The van der Waals surface area contributed by atoms with Crippen LogP contribution in [-0.2, 0) is 6.42 Å². The Morgan fingerprint density at radius 2 is 2.06 bits per heavy atom. The van der Waals surface area contributed by atoms with Crippen molar-refractivity contribution >= 4 is 17.2 Å². The topological polar surface area (TPSA) is 67.6 Å². The molecule has 0 spiro atoms. The minimum Gasteiger partial charge on any atom is -0.383 e. The Hall–Kier alpha value is -2.14. The predicted molar refractivity (Wildman–Crippen MR) is 73.4 cm³/mol. The van der Waals surface area contributed by atoms with Crippen molar-refractivity contribution < 1.29 is 0 Å². The number of nitrogens with one attached hydrogen (secondary N) is 1. The fourth-order valence-corrected chi connectivity index (χ4v) is 2.63. The van der Waals surface area contributed by atoms with E-state index in [0.29, 0.717) is 5.82 Å². The van der Waals surface area contributed by atoms with Gasteiger partial charge in [-0.3, -0.25) is 5.10 Å². The Bertz CT molecular complexity index is 642. The summed E-state index contributed by atoms with van der Waals surface area (Å²) in [6.45, 7) is 0. The Labute approximate surface area is 109 Å². The molecule has 0 aliphatic carbocycles. The average molecular weight is 256 g/mol. The van der Waals surface area contributed by atoms with Crippen LogP contribution in [0.4, 0.5) is 5.82 Å². The summed E-state index contributed by atoms with van der Waals surface area (Å²) in [6, 6.07) is 10.3. The molecule has 5 heteroatoms. The fourth-order valence-electron chi connectivity index (χ4n) is 1.78. The summed E-state index contributed by atoms with van der Waals surface area (Å²) >= 11 is 1.59. The molecule has 0 atom stereocenters. The summed E-state index contributed by atoms with van der Waals surface area (Å²) in [5.41, 5.74) is 8.97. The molecule has 0 amide bonds. The van der Waals surface area contributed by atoms with Crippen molar-refractivity contribution in [3.05, 3.63) is 53.2 Å². The minimum atomic E-state index is 0.565. The number of hydrogen-bond acceptors (Lipinski definition) is 4. The number of hydrogen-bond donors (Lipinski definition) is 2. The summed E-state index contributed by atoms with van der Waals surface area (Å²) in [5.74, 6) is 0.565. The number of nitrogens with two attached hydrogens (primary N) is 1. The van der Waals surface area contributed by atoms with Crippen LogP contribution in [0.15, 0.2) is 41.9 Å². The monoisotopic (exact) mass is 256 g/mol. The molecule has 0 aliphatic heterocycles. The van der Waals surface area contributed by atoms with E-state index in [1.165, 1.54) is 5.56 Å². The Morgan fingerprint density at radius 3 is 2.78 bits per heavy atom. The van der Waals surface area contributed by atoms with Crippen LogP contribution in [-0.4, -0.2) is 15.2 Å². The van der Waals surface area contributed by atoms with Gasteiger partial charge in [0.2, 0.25) is 0 Å². The van der Waals surface area contributed by atoms with Gasteiger partial charge >= 0.3 is 0 Å². The van der Waals surface area contributed by atoms with Crippen molar-refractivity contribution in [1.82, 2.24) is 15.2 Å². The number of aromatic amines is 1. The predicted octanol–water partition coefficient (Wildman–Crippen LogP) is 2.71. The summed E-state index contributed by atoms with van der Waals surface area (Å²) in [4.78, 5) is 4.59. The number of benzene rings is 1. The molecule has 3 N–H and O–H groups in total. The molecular weight excluding hydrogens is 244 g/mol. The zero-order valence-corrected chi connectivity index (χ0v) is 10.4. The number of anilines is 1. The van der Waals surface area contributed by atoms with Crippen LogP contribution in [0.3, 0.4) is 0 Å². The third-order valence-corrected chi connectivity index (χ3v) is 3.60. The van der Waals surface area contributed by atoms with Crippen LogP contribution < -0.4 is 5.73 Å². The normalized spacial score (nSPS) is 10.7. The standard InChI is InChI=1S/C13H12N4S/c14-12-11(7-15-17-12)13-16-10(8-18-13)6-9-4-2-1-3-5-9/h1-5,7-8H,6H2,(H3,14,15,17). The molecule has 90 valence electrons. The second-order valence-electron chi connectivity index (χ2n) is 4.00. The number of H-pyrrole nitrogens is 1. The average Bonchev–Trinajstić information content (AvgIpc) is 2.99. The van der Waals surface area contributed by atoms with Gasteiger partial charge in [-0.25, -0.2) is 4.98 Å². The van der Waals surface area contributed by atoms with Crippen LogP contribution in [0.2, 0.25) is 0 Å². The molecule has 1 aromatic carbocycles. The van der Waals surface area contributed by atoms with Crippen molar-refractivity contribution in [3.63, 3.8) is 0 Å². The summed E-state index contributed by atoms with van der Waals surface area (Å²) in [7, 11) is 0. The van der Waals surface area contributed by atoms with E-state index in [9.17, 15) is 0 Å². The molecule has 0 unspecified atom stereocenters. The van der Waals surface area contributed by atoms with Crippen LogP contribution in [0.5, 0.6) is 0 Å². The third kappa shape index (κ3) is 2.12. The lowest BCUT2D eigenvalue weighted by Gasteiger charge is -1.96. The maximum atomic E-state index is 5.78. The minimum absolute atomic E-state index is 0.565. The zero-order valence-electron chi connectivity index (χ0n) is 9.63. The first kappa shape index (κ1) is 11.0. The third-order valence-electron chi connectivity index (χ3n) is 2.68. The number of thiazole rings is 1. The summed E-state index contributed by atoms with van der Waals surface area (Å²) < 4.78 is 0. The summed E-state index contributed by atoms with van der Waals surface area (Å²) in [6.07, 6.45) is 2.55. The highest BCUT2D eigenvalue weighted by atomic mass is 32.1. The Morgan fingerprint density at radius 1 is 1.22 bits per heavy atom. The maximum absolute atomic E-state index is 5.78. The van der Waals surface area contributed by atoms with Gasteiger partial charge in [0.25, 0.3) is 0 Å². The van der Waals surface area contributed by atoms with Gasteiger partial charge in [0.05, 0.1) is 17.5 Å². The van der Waals surface area contributed by atoms with Gasteiger partial charge in [0.15, 0.2) is 0 Å². The first-order chi connectivity index (χ1) is 8.83. The zero-order chi connectivity index (χ0) is 12.4. The van der Waals surface area contributed by atoms with Crippen LogP contribution in [0.1, 0.15) is 11.3 Å². The fraction of sp³-hybridized carbons (Fsp3) is 0.0769. The molecule has 0 fully saturated rings. The van der Waals surface area contributed by atoms with Gasteiger partial charge in [-0.15, -0.1) is 11.3 Å². The lowest BCUT2D eigenvalue weighted by atomic mass is 10.1. The van der Waals surface area contributed by atoms with E-state index in [1.54, 1.807) is 17.5 Å². The Balaban J connectivity index is 1.84. The number of nitrogens with zero attached hydrogens (tertiary/aromatic N) is 2. The van der Waals surface area contributed by atoms with Crippen molar-refractivity contribution in [2.24, 2.45) is 0 Å². The van der Waals surface area contributed by atoms with Gasteiger partial charge in [-0.1, -0.05) is 30.3 Å². The highest BCUT2D eigenvalue weighted by molar-refractivity contribution is 7.13. The largest absolute Gasteiger partial charge is 0.383 e. The van der Waals surface area contributed by atoms with E-state index in [0.717, 1.165) is 22.7 Å².